The molecular weight excluding hydrogens is 232 g/mol. The van der Waals surface area contributed by atoms with Crippen molar-refractivity contribution >= 4 is 11.9 Å². The fraction of sp³-hybridized carbons (Fsp3) is 0.692. The largest absolute Gasteiger partial charge is 0.444 e. The highest BCUT2D eigenvalue weighted by Crippen LogP contribution is 2.21. The fourth-order valence-electron chi connectivity index (χ4n) is 1.77. The maximum Gasteiger partial charge on any atom is 0.411 e. The van der Waals surface area contributed by atoms with E-state index in [2.05, 4.69) is 0 Å². The van der Waals surface area contributed by atoms with Gasteiger partial charge in [-0.05, 0) is 27.7 Å². The van der Waals surface area contributed by atoms with E-state index in [0.717, 1.165) is 0 Å². The van der Waals surface area contributed by atoms with Gasteiger partial charge >= 0.3 is 6.09 Å². The zero-order valence-corrected chi connectivity index (χ0v) is 12.0. The molecule has 0 aromatic carbocycles. The molecule has 0 radical (unpaired) electrons. The molecule has 102 valence electrons. The predicted molar refractivity (Wildman–Crippen MR) is 69.2 cm³/mol. The van der Waals surface area contributed by atoms with Gasteiger partial charge in [0.1, 0.15) is 5.60 Å². The van der Waals surface area contributed by atoms with E-state index in [0.29, 0.717) is 12.1 Å². The molecule has 1 saturated heterocycles. The number of amides is 1. The highest BCUT2D eigenvalue weighted by atomic mass is 16.6. The summed E-state index contributed by atoms with van der Waals surface area (Å²) in [5.41, 5.74) is 0.0896. The molecule has 1 aliphatic rings. The van der Waals surface area contributed by atoms with Gasteiger partial charge in [0, 0.05) is 25.9 Å². The smallest absolute Gasteiger partial charge is 0.411 e. The Morgan fingerprint density at radius 1 is 1.44 bits per heavy atom. The quantitative estimate of drug-likeness (QED) is 0.667. The third-order valence-electron chi connectivity index (χ3n) is 2.55. The van der Waals surface area contributed by atoms with Crippen LogP contribution in [0, 0.1) is 0 Å². The molecule has 5 nitrogen and oxygen atoms in total. The number of rotatable bonds is 1. The molecule has 1 fully saturated rings. The minimum atomic E-state index is -0.548. The molecule has 1 aliphatic heterocycles. The van der Waals surface area contributed by atoms with Crippen LogP contribution < -0.4 is 0 Å². The first kappa shape index (κ1) is 14.5. The van der Waals surface area contributed by atoms with Crippen molar-refractivity contribution in [1.29, 1.82) is 0 Å². The van der Waals surface area contributed by atoms with E-state index in [1.54, 1.807) is 18.0 Å². The summed E-state index contributed by atoms with van der Waals surface area (Å²) >= 11 is 0. The molecule has 5 heteroatoms. The number of hydrogen-bond acceptors (Lipinski definition) is 4. The second-order valence-corrected chi connectivity index (χ2v) is 5.77. The summed E-state index contributed by atoms with van der Waals surface area (Å²) in [7, 11) is 3.70. The first-order chi connectivity index (χ1) is 8.11. The molecule has 1 amide bonds. The summed E-state index contributed by atoms with van der Waals surface area (Å²) in [6, 6.07) is -0.453. The summed E-state index contributed by atoms with van der Waals surface area (Å²) < 4.78 is 5.29. The third-order valence-corrected chi connectivity index (χ3v) is 2.55. The van der Waals surface area contributed by atoms with Crippen molar-refractivity contribution in [3.8, 4) is 0 Å². The van der Waals surface area contributed by atoms with Crippen LogP contribution in [0.5, 0.6) is 0 Å². The Hall–Kier alpha value is -1.52. The predicted octanol–water partition coefficient (Wildman–Crippen LogP) is 1.64. The number of Topliss-reactive ketones (excluding diaryl/α,β-unsaturated/α-hetero) is 1. The Morgan fingerprint density at radius 3 is 2.44 bits per heavy atom. The first-order valence-electron chi connectivity index (χ1n) is 6.03. The molecule has 1 rings (SSSR count). The van der Waals surface area contributed by atoms with Crippen LogP contribution in [0.25, 0.3) is 0 Å². The lowest BCUT2D eigenvalue weighted by Crippen LogP contribution is -2.40. The number of carbonyl (C=O) groups is 2. The van der Waals surface area contributed by atoms with Gasteiger partial charge < -0.3 is 9.64 Å². The van der Waals surface area contributed by atoms with Crippen LogP contribution in [0.4, 0.5) is 4.79 Å². The van der Waals surface area contributed by atoms with Crippen LogP contribution in [0.3, 0.4) is 0 Å². The Kier molecular flexibility index (Phi) is 4.04. The second kappa shape index (κ2) is 5.00. The Balaban J connectivity index is 2.82. The van der Waals surface area contributed by atoms with Crippen molar-refractivity contribution in [3.63, 3.8) is 0 Å². The van der Waals surface area contributed by atoms with Gasteiger partial charge in [-0.15, -0.1) is 0 Å². The van der Waals surface area contributed by atoms with E-state index in [9.17, 15) is 9.59 Å². The zero-order valence-electron chi connectivity index (χ0n) is 12.0. The van der Waals surface area contributed by atoms with Crippen LogP contribution in [0.2, 0.25) is 0 Å². The van der Waals surface area contributed by atoms with E-state index < -0.39 is 17.7 Å². The van der Waals surface area contributed by atoms with Gasteiger partial charge in [-0.3, -0.25) is 9.69 Å². The number of nitrogens with zero attached hydrogens (tertiary/aromatic N) is 2. The van der Waals surface area contributed by atoms with Crippen LogP contribution in [-0.2, 0) is 9.53 Å². The van der Waals surface area contributed by atoms with Gasteiger partial charge in [0.25, 0.3) is 0 Å². The lowest BCUT2D eigenvalue weighted by atomic mass is 10.1. The molecule has 0 aromatic rings. The van der Waals surface area contributed by atoms with Gasteiger partial charge in [0.05, 0.1) is 12.6 Å². The van der Waals surface area contributed by atoms with Crippen molar-refractivity contribution in [2.24, 2.45) is 0 Å². The lowest BCUT2D eigenvalue weighted by molar-refractivity contribution is -0.117. The third kappa shape index (κ3) is 3.48. The molecule has 1 atom stereocenters. The highest BCUT2D eigenvalue weighted by Gasteiger charge is 2.38. The first-order valence-corrected chi connectivity index (χ1v) is 6.03. The van der Waals surface area contributed by atoms with Crippen molar-refractivity contribution in [2.45, 2.75) is 39.3 Å². The van der Waals surface area contributed by atoms with Crippen LogP contribution in [-0.4, -0.2) is 54.0 Å². The van der Waals surface area contributed by atoms with Gasteiger partial charge in [-0.25, -0.2) is 4.79 Å². The standard InChI is InChI=1S/C13H22N2O3/c1-9-11(16)10(7-14(5)6)8-15(9)12(17)18-13(2,3)4/h7,9H,8H2,1-6H3/b10-7+/t9-/m0/s1. The SMILES string of the molecule is C[C@H]1C(=O)/C(=C/N(C)C)CN1C(=O)OC(C)(C)C. The van der Waals surface area contributed by atoms with E-state index in [1.165, 1.54) is 4.90 Å². The molecule has 0 aromatic heterocycles. The van der Waals surface area contributed by atoms with Crippen LogP contribution in [0.1, 0.15) is 27.7 Å². The monoisotopic (exact) mass is 254 g/mol. The van der Waals surface area contributed by atoms with E-state index in [4.69, 9.17) is 4.74 Å². The molecule has 0 N–H and O–H groups in total. The number of hydrogen-bond donors (Lipinski definition) is 0. The maximum absolute atomic E-state index is 12.0. The Bertz CT molecular complexity index is 380. The topological polar surface area (TPSA) is 49.9 Å². The summed E-state index contributed by atoms with van der Waals surface area (Å²) in [5, 5.41) is 0. The average Bonchev–Trinajstić information content (AvgIpc) is 2.43. The minimum Gasteiger partial charge on any atom is -0.444 e. The molecule has 1 heterocycles. The average molecular weight is 254 g/mol. The van der Waals surface area contributed by atoms with Gasteiger partial charge in [0.2, 0.25) is 0 Å². The number of ketones is 1. The normalized spacial score (nSPS) is 22.6. The Labute approximate surface area is 108 Å². The van der Waals surface area contributed by atoms with Crippen LogP contribution in [0.15, 0.2) is 11.8 Å². The fourth-order valence-corrected chi connectivity index (χ4v) is 1.77. The maximum atomic E-state index is 12.0. The summed E-state index contributed by atoms with van der Waals surface area (Å²) in [4.78, 5) is 27.2. The second-order valence-electron chi connectivity index (χ2n) is 5.77. The van der Waals surface area contributed by atoms with Crippen molar-refractivity contribution in [1.82, 2.24) is 9.80 Å². The van der Waals surface area contributed by atoms with Gasteiger partial charge in [0.15, 0.2) is 5.78 Å². The summed E-state index contributed by atoms with van der Waals surface area (Å²) in [6.45, 7) is 7.47. The zero-order chi connectivity index (χ0) is 14.1. The Morgan fingerprint density at radius 2 is 2.00 bits per heavy atom. The lowest BCUT2D eigenvalue weighted by Gasteiger charge is -2.25. The highest BCUT2D eigenvalue weighted by molar-refractivity contribution is 6.04. The molecule has 18 heavy (non-hydrogen) atoms. The van der Waals surface area contributed by atoms with Gasteiger partial charge in [-0.1, -0.05) is 0 Å². The molecule has 0 bridgehead atoms. The minimum absolute atomic E-state index is 0.0189. The van der Waals surface area contributed by atoms with Crippen LogP contribution >= 0.6 is 0 Å². The van der Waals surface area contributed by atoms with Crippen molar-refractivity contribution in [3.05, 3.63) is 11.8 Å². The molecule has 0 saturated carbocycles. The van der Waals surface area contributed by atoms with Crippen molar-refractivity contribution in [2.75, 3.05) is 20.6 Å². The molecule has 0 spiro atoms. The summed E-state index contributed by atoms with van der Waals surface area (Å²) in [5.74, 6) is -0.0189. The number of ether oxygens (including phenoxy) is 1. The number of carbonyl (C=O) groups excluding carboxylic acids is 2. The molecule has 0 unspecified atom stereocenters. The number of likely N-dealkylation sites (tertiary alicyclic amines) is 1. The van der Waals surface area contributed by atoms with E-state index in [-0.39, 0.29) is 5.78 Å². The van der Waals surface area contributed by atoms with E-state index >= 15 is 0 Å². The molecule has 0 aliphatic carbocycles. The van der Waals surface area contributed by atoms with E-state index in [1.807, 2.05) is 34.9 Å². The summed E-state index contributed by atoms with van der Waals surface area (Å²) in [6.07, 6.45) is 1.31. The van der Waals surface area contributed by atoms with Gasteiger partial charge in [-0.2, -0.15) is 0 Å². The van der Waals surface area contributed by atoms with Crippen molar-refractivity contribution < 1.29 is 14.3 Å². The molecular formula is C13H22N2O3.